The zero-order chi connectivity index (χ0) is 14.8. The molecule has 1 aromatic carbocycles. The minimum atomic E-state index is -3.57. The van der Waals surface area contributed by atoms with Gasteiger partial charge in [-0.25, -0.2) is 13.1 Å². The number of hydrogen-bond acceptors (Lipinski definition) is 2. The molecule has 0 spiro atoms. The molecule has 0 bridgehead atoms. The van der Waals surface area contributed by atoms with E-state index in [4.69, 9.17) is 11.6 Å². The van der Waals surface area contributed by atoms with Crippen LogP contribution in [0.25, 0.3) is 0 Å². The largest absolute Gasteiger partial charge is 0.241 e. The Bertz CT molecular complexity index is 561. The molecule has 1 atom stereocenters. The Morgan fingerprint density at radius 1 is 1.26 bits per heavy atom. The number of nitrogens with one attached hydrogen (secondary N) is 1. The van der Waals surface area contributed by atoms with Gasteiger partial charge in [0.2, 0.25) is 10.0 Å². The van der Waals surface area contributed by atoms with Gasteiger partial charge in [-0.05, 0) is 46.5 Å². The van der Waals surface area contributed by atoms with Crippen LogP contribution in [0.3, 0.4) is 0 Å². The van der Waals surface area contributed by atoms with E-state index < -0.39 is 10.0 Å². The van der Waals surface area contributed by atoms with Gasteiger partial charge in [0.05, 0.1) is 4.90 Å². The summed E-state index contributed by atoms with van der Waals surface area (Å²) in [6.07, 6.45) is 0. The molecule has 3 nitrogen and oxygen atoms in total. The van der Waals surface area contributed by atoms with Crippen LogP contribution in [-0.2, 0) is 10.0 Å². The first-order chi connectivity index (χ1) is 8.65. The second kappa shape index (κ2) is 6.89. The lowest BCUT2D eigenvalue weighted by molar-refractivity contribution is 0.556. The summed E-state index contributed by atoms with van der Waals surface area (Å²) in [5.74, 6) is 0.206. The molecule has 0 aliphatic heterocycles. The third-order valence-electron chi connectivity index (χ3n) is 2.69. The minimum absolute atomic E-state index is 0.206. The van der Waals surface area contributed by atoms with E-state index in [2.05, 4.69) is 36.6 Å². The molecule has 0 aliphatic rings. The molecular formula is C12H16Br2ClNO2S. The molecular weight excluding hydrogens is 417 g/mol. The standard InChI is InChI=1S/C12H16Br2ClNO2S/c1-7(2)11(15)6-16-19(17,18)12-5-9(13)8(3)4-10(12)14/h4-5,7,11,16H,6H2,1-3H3. The third-order valence-corrected chi connectivity index (χ3v) is 6.59. The molecule has 1 rings (SSSR count). The van der Waals surface area contributed by atoms with E-state index in [1.54, 1.807) is 12.1 Å². The molecule has 108 valence electrons. The van der Waals surface area contributed by atoms with Crippen molar-refractivity contribution >= 4 is 53.5 Å². The molecule has 0 amide bonds. The van der Waals surface area contributed by atoms with Crippen molar-refractivity contribution in [2.45, 2.75) is 31.0 Å². The van der Waals surface area contributed by atoms with Crippen LogP contribution in [0.2, 0.25) is 0 Å². The van der Waals surface area contributed by atoms with Crippen LogP contribution in [0, 0.1) is 12.8 Å². The average Bonchev–Trinajstić information content (AvgIpc) is 2.30. The SMILES string of the molecule is Cc1cc(Br)c(S(=O)(=O)NCC(Cl)C(C)C)cc1Br. The van der Waals surface area contributed by atoms with Gasteiger partial charge in [-0.2, -0.15) is 0 Å². The lowest BCUT2D eigenvalue weighted by atomic mass is 10.1. The number of benzene rings is 1. The summed E-state index contributed by atoms with van der Waals surface area (Å²) in [7, 11) is -3.57. The average molecular weight is 434 g/mol. The highest BCUT2D eigenvalue weighted by Crippen LogP contribution is 2.28. The first-order valence-corrected chi connectivity index (χ1v) is 9.25. The first-order valence-electron chi connectivity index (χ1n) is 5.74. The molecule has 1 aromatic rings. The van der Waals surface area contributed by atoms with Gasteiger partial charge in [-0.3, -0.25) is 0 Å². The van der Waals surface area contributed by atoms with Crippen LogP contribution < -0.4 is 4.72 Å². The van der Waals surface area contributed by atoms with Crippen LogP contribution in [0.15, 0.2) is 26.0 Å². The van der Waals surface area contributed by atoms with E-state index in [0.717, 1.165) is 10.0 Å². The van der Waals surface area contributed by atoms with E-state index in [-0.39, 0.29) is 22.7 Å². The molecule has 0 aromatic heterocycles. The van der Waals surface area contributed by atoms with Crippen LogP contribution in [0.1, 0.15) is 19.4 Å². The van der Waals surface area contributed by atoms with E-state index in [9.17, 15) is 8.42 Å². The zero-order valence-electron chi connectivity index (χ0n) is 10.9. The highest BCUT2D eigenvalue weighted by Gasteiger charge is 2.21. The van der Waals surface area contributed by atoms with Crippen molar-refractivity contribution in [1.82, 2.24) is 4.72 Å². The molecule has 1 unspecified atom stereocenters. The maximum atomic E-state index is 12.2. The third kappa shape index (κ3) is 4.70. The Hall–Kier alpha value is 0.380. The molecule has 0 radical (unpaired) electrons. The number of sulfonamides is 1. The van der Waals surface area contributed by atoms with Crippen molar-refractivity contribution in [3.05, 3.63) is 26.6 Å². The second-order valence-electron chi connectivity index (χ2n) is 4.64. The number of aryl methyl sites for hydroxylation is 1. The lowest BCUT2D eigenvalue weighted by Crippen LogP contribution is -2.32. The van der Waals surface area contributed by atoms with Crippen molar-refractivity contribution in [2.24, 2.45) is 5.92 Å². The lowest BCUT2D eigenvalue weighted by Gasteiger charge is -2.15. The number of hydrogen-bond donors (Lipinski definition) is 1. The fourth-order valence-corrected chi connectivity index (χ4v) is 4.24. The molecule has 19 heavy (non-hydrogen) atoms. The quantitative estimate of drug-likeness (QED) is 0.712. The van der Waals surface area contributed by atoms with E-state index >= 15 is 0 Å². The molecule has 1 N–H and O–H groups in total. The number of rotatable bonds is 5. The monoisotopic (exact) mass is 431 g/mol. The fraction of sp³-hybridized carbons (Fsp3) is 0.500. The summed E-state index contributed by atoms with van der Waals surface area (Å²) < 4.78 is 28.3. The smallest absolute Gasteiger partial charge is 0.210 e. The summed E-state index contributed by atoms with van der Waals surface area (Å²) in [5.41, 5.74) is 0.961. The topological polar surface area (TPSA) is 46.2 Å². The summed E-state index contributed by atoms with van der Waals surface area (Å²) in [5, 5.41) is -0.234. The Balaban J connectivity index is 2.98. The first kappa shape index (κ1) is 17.4. The number of halogens is 3. The van der Waals surface area contributed by atoms with Gasteiger partial charge in [0.15, 0.2) is 0 Å². The Morgan fingerprint density at radius 3 is 2.37 bits per heavy atom. The predicted octanol–water partition coefficient (Wildman–Crippen LogP) is 4.06. The molecule has 0 heterocycles. The molecule has 7 heteroatoms. The van der Waals surface area contributed by atoms with Gasteiger partial charge >= 0.3 is 0 Å². The van der Waals surface area contributed by atoms with Gasteiger partial charge < -0.3 is 0 Å². The summed E-state index contributed by atoms with van der Waals surface area (Å²) in [6.45, 7) is 6.00. The summed E-state index contributed by atoms with van der Waals surface area (Å²) in [4.78, 5) is 0.206. The maximum absolute atomic E-state index is 12.2. The van der Waals surface area contributed by atoms with Crippen molar-refractivity contribution in [3.8, 4) is 0 Å². The predicted molar refractivity (Wildman–Crippen MR) is 86.2 cm³/mol. The van der Waals surface area contributed by atoms with E-state index in [1.807, 2.05) is 20.8 Å². The van der Waals surface area contributed by atoms with Crippen LogP contribution in [0.5, 0.6) is 0 Å². The molecule has 0 fully saturated rings. The normalized spacial score (nSPS) is 13.8. The van der Waals surface area contributed by atoms with Crippen LogP contribution in [0.4, 0.5) is 0 Å². The van der Waals surface area contributed by atoms with Gasteiger partial charge in [0.25, 0.3) is 0 Å². The Kier molecular flexibility index (Phi) is 6.32. The van der Waals surface area contributed by atoms with Crippen molar-refractivity contribution in [2.75, 3.05) is 6.54 Å². The highest BCUT2D eigenvalue weighted by atomic mass is 79.9. The van der Waals surface area contributed by atoms with Crippen molar-refractivity contribution in [1.29, 1.82) is 0 Å². The van der Waals surface area contributed by atoms with Gasteiger partial charge in [0.1, 0.15) is 0 Å². The fourth-order valence-electron chi connectivity index (χ4n) is 1.34. The molecule has 0 aliphatic carbocycles. The Labute approximate surface area is 136 Å². The van der Waals surface area contributed by atoms with E-state index in [1.165, 1.54) is 0 Å². The molecule has 0 saturated carbocycles. The summed E-state index contributed by atoms with van der Waals surface area (Å²) in [6, 6.07) is 3.35. The van der Waals surface area contributed by atoms with Crippen molar-refractivity contribution < 1.29 is 8.42 Å². The van der Waals surface area contributed by atoms with E-state index in [0.29, 0.717) is 4.47 Å². The van der Waals surface area contributed by atoms with Crippen LogP contribution >= 0.6 is 43.5 Å². The maximum Gasteiger partial charge on any atom is 0.241 e. The Morgan fingerprint density at radius 2 is 1.84 bits per heavy atom. The zero-order valence-corrected chi connectivity index (χ0v) is 15.6. The van der Waals surface area contributed by atoms with Crippen LogP contribution in [-0.4, -0.2) is 20.3 Å². The number of alkyl halides is 1. The molecule has 0 saturated heterocycles. The van der Waals surface area contributed by atoms with Gasteiger partial charge in [-0.15, -0.1) is 11.6 Å². The summed E-state index contributed by atoms with van der Waals surface area (Å²) >= 11 is 12.7. The highest BCUT2D eigenvalue weighted by molar-refractivity contribution is 9.11. The second-order valence-corrected chi connectivity index (χ2v) is 8.65. The van der Waals surface area contributed by atoms with Crippen molar-refractivity contribution in [3.63, 3.8) is 0 Å². The van der Waals surface area contributed by atoms with Gasteiger partial charge in [0, 0.05) is 20.9 Å². The van der Waals surface area contributed by atoms with Gasteiger partial charge in [-0.1, -0.05) is 29.8 Å². The minimum Gasteiger partial charge on any atom is -0.210 e.